The number of aliphatic hydroxyl groups is 1. The van der Waals surface area contributed by atoms with Crippen LogP contribution in [0.4, 0.5) is 5.69 Å². The highest BCUT2D eigenvalue weighted by Gasteiger charge is 2.32. The first-order valence-corrected chi connectivity index (χ1v) is 14.4. The Hall–Kier alpha value is -3.32. The molecule has 1 aromatic heterocycles. The van der Waals surface area contributed by atoms with Crippen molar-refractivity contribution in [1.29, 1.82) is 0 Å². The Bertz CT molecular complexity index is 1240. The lowest BCUT2D eigenvalue weighted by Gasteiger charge is -2.36. The summed E-state index contributed by atoms with van der Waals surface area (Å²) in [4.78, 5) is 23.3. The van der Waals surface area contributed by atoms with Gasteiger partial charge in [-0.1, -0.05) is 54.6 Å². The van der Waals surface area contributed by atoms with E-state index in [9.17, 15) is 14.7 Å². The van der Waals surface area contributed by atoms with Gasteiger partial charge in [0.25, 0.3) is 0 Å². The van der Waals surface area contributed by atoms with E-state index in [4.69, 9.17) is 9.47 Å². The molecule has 1 fully saturated rings. The maximum absolute atomic E-state index is 12.4. The smallest absolute Gasteiger partial charge is 0.224 e. The van der Waals surface area contributed by atoms with Crippen LogP contribution in [0.25, 0.3) is 0 Å². The van der Waals surface area contributed by atoms with Gasteiger partial charge in [0.05, 0.1) is 18.8 Å². The van der Waals surface area contributed by atoms with Gasteiger partial charge in [-0.2, -0.15) is 0 Å². The maximum Gasteiger partial charge on any atom is 0.224 e. The largest absolute Gasteiger partial charge is 0.392 e. The van der Waals surface area contributed by atoms with E-state index in [1.165, 1.54) is 18.7 Å². The van der Waals surface area contributed by atoms with Gasteiger partial charge in [-0.05, 0) is 46.5 Å². The standard InChI is InChI=1S/C28H36N6O5S/c1-19(36)29-15-5-3-4-6-26(37)30-23-13-11-22(12-14-23)27-38-24(18-40-28-31-32-33-34(28)2)16-25(39-27)21-9-7-20(17-35)8-10-21/h7-14,24-25,27,35H,3-6,15-18H2,1-2H3,(H,29,36)(H,30,37)/t24-,25+,27+/m1/s1. The quantitative estimate of drug-likeness (QED) is 0.208. The number of nitrogens with zero attached hydrogens (tertiary/aromatic N) is 4. The highest BCUT2D eigenvalue weighted by atomic mass is 32.2. The molecule has 4 rings (SSSR count). The van der Waals surface area contributed by atoms with E-state index in [2.05, 4.69) is 26.2 Å². The lowest BCUT2D eigenvalue weighted by molar-refractivity contribution is -0.245. The molecule has 3 N–H and O–H groups in total. The summed E-state index contributed by atoms with van der Waals surface area (Å²) >= 11 is 1.53. The number of aliphatic hydroxyl groups excluding tert-OH is 1. The molecule has 0 bridgehead atoms. The van der Waals surface area contributed by atoms with Crippen LogP contribution in [0.2, 0.25) is 0 Å². The fourth-order valence-electron chi connectivity index (χ4n) is 4.33. The zero-order valence-electron chi connectivity index (χ0n) is 22.8. The molecule has 0 unspecified atom stereocenters. The van der Waals surface area contributed by atoms with E-state index in [0.29, 0.717) is 36.0 Å². The number of rotatable bonds is 13. The number of ether oxygens (including phenoxy) is 2. The van der Waals surface area contributed by atoms with Crippen molar-refractivity contribution in [3.05, 3.63) is 65.2 Å². The monoisotopic (exact) mass is 568 g/mol. The zero-order valence-corrected chi connectivity index (χ0v) is 23.6. The molecule has 0 aliphatic carbocycles. The van der Waals surface area contributed by atoms with Crippen molar-refractivity contribution in [2.24, 2.45) is 7.05 Å². The van der Waals surface area contributed by atoms with Gasteiger partial charge in [-0.15, -0.1) is 5.10 Å². The summed E-state index contributed by atoms with van der Waals surface area (Å²) in [6, 6.07) is 15.3. The van der Waals surface area contributed by atoms with Crippen LogP contribution >= 0.6 is 11.8 Å². The van der Waals surface area contributed by atoms with Crippen LogP contribution < -0.4 is 10.6 Å². The zero-order chi connectivity index (χ0) is 28.3. The molecule has 3 atom stereocenters. The molecule has 11 nitrogen and oxygen atoms in total. The van der Waals surface area contributed by atoms with Crippen molar-refractivity contribution >= 4 is 29.3 Å². The first-order valence-electron chi connectivity index (χ1n) is 13.4. The molecule has 2 heterocycles. The third-order valence-corrected chi connectivity index (χ3v) is 7.66. The average molecular weight is 569 g/mol. The van der Waals surface area contributed by atoms with E-state index in [0.717, 1.165) is 36.0 Å². The number of amides is 2. The summed E-state index contributed by atoms with van der Waals surface area (Å²) in [5, 5.41) is 27.5. The Morgan fingerprint density at radius 2 is 1.80 bits per heavy atom. The number of benzene rings is 2. The van der Waals surface area contributed by atoms with E-state index >= 15 is 0 Å². The minimum atomic E-state index is -0.590. The van der Waals surface area contributed by atoms with Crippen LogP contribution in [0.3, 0.4) is 0 Å². The van der Waals surface area contributed by atoms with Gasteiger partial charge in [0.2, 0.25) is 17.0 Å². The lowest BCUT2D eigenvalue weighted by Crippen LogP contribution is -2.31. The Morgan fingerprint density at radius 1 is 1.05 bits per heavy atom. The first kappa shape index (κ1) is 29.7. The molecule has 0 spiro atoms. The van der Waals surface area contributed by atoms with Gasteiger partial charge < -0.3 is 25.2 Å². The number of hydrogen-bond donors (Lipinski definition) is 3. The molecule has 1 aliphatic rings. The fourth-order valence-corrected chi connectivity index (χ4v) is 5.20. The number of thioether (sulfide) groups is 1. The van der Waals surface area contributed by atoms with Crippen LogP contribution in [-0.2, 0) is 32.7 Å². The normalized spacial score (nSPS) is 18.8. The van der Waals surface area contributed by atoms with Crippen molar-refractivity contribution in [1.82, 2.24) is 25.5 Å². The van der Waals surface area contributed by atoms with Gasteiger partial charge in [0.15, 0.2) is 6.29 Å². The number of carbonyl (C=O) groups is 2. The summed E-state index contributed by atoms with van der Waals surface area (Å²) in [6.45, 7) is 2.12. The SMILES string of the molecule is CC(=O)NCCCCCC(=O)Nc1ccc([C@H]2O[C@@H](CSc3nnnn3C)C[C@@H](c3ccc(CO)cc3)O2)cc1. The molecule has 1 saturated heterocycles. The van der Waals surface area contributed by atoms with E-state index < -0.39 is 6.29 Å². The number of anilines is 1. The van der Waals surface area contributed by atoms with Gasteiger partial charge >= 0.3 is 0 Å². The minimum Gasteiger partial charge on any atom is -0.392 e. The summed E-state index contributed by atoms with van der Waals surface area (Å²) in [6.07, 6.45) is 2.67. The molecule has 214 valence electrons. The van der Waals surface area contributed by atoms with E-state index in [-0.39, 0.29) is 30.6 Å². The number of unbranched alkanes of at least 4 members (excludes halogenated alkanes) is 2. The van der Waals surface area contributed by atoms with E-state index in [1.54, 1.807) is 11.7 Å². The maximum atomic E-state index is 12.4. The van der Waals surface area contributed by atoms with Crippen LogP contribution in [0, 0.1) is 0 Å². The highest BCUT2D eigenvalue weighted by molar-refractivity contribution is 7.99. The molecular formula is C28H36N6O5S. The second kappa shape index (κ2) is 14.9. The molecule has 3 aromatic rings. The third kappa shape index (κ3) is 8.85. The molecule has 1 aliphatic heterocycles. The van der Waals surface area contributed by atoms with Crippen LogP contribution in [0.5, 0.6) is 0 Å². The Morgan fingerprint density at radius 3 is 2.48 bits per heavy atom. The van der Waals surface area contributed by atoms with Gasteiger partial charge in [-0.3, -0.25) is 9.59 Å². The number of carbonyl (C=O) groups excluding carboxylic acids is 2. The molecule has 0 saturated carbocycles. The predicted molar refractivity (Wildman–Crippen MR) is 150 cm³/mol. The summed E-state index contributed by atoms with van der Waals surface area (Å²) in [7, 11) is 1.80. The van der Waals surface area contributed by atoms with Crippen LogP contribution in [0.1, 0.15) is 68.1 Å². The topological polar surface area (TPSA) is 140 Å². The van der Waals surface area contributed by atoms with Crippen molar-refractivity contribution < 1.29 is 24.2 Å². The minimum absolute atomic E-state index is 0.00989. The summed E-state index contributed by atoms with van der Waals surface area (Å²) < 4.78 is 14.4. The Kier molecular flexibility index (Phi) is 11.0. The number of aromatic nitrogens is 4. The summed E-state index contributed by atoms with van der Waals surface area (Å²) in [5.41, 5.74) is 3.42. The highest BCUT2D eigenvalue weighted by Crippen LogP contribution is 2.39. The average Bonchev–Trinajstić information content (AvgIpc) is 3.38. The Labute approximate surface area is 238 Å². The third-order valence-electron chi connectivity index (χ3n) is 6.52. The second-order valence-corrected chi connectivity index (χ2v) is 10.7. The van der Waals surface area contributed by atoms with Gasteiger partial charge in [0, 0.05) is 50.4 Å². The number of hydrogen-bond acceptors (Lipinski definition) is 9. The molecule has 40 heavy (non-hydrogen) atoms. The molecule has 2 aromatic carbocycles. The fraction of sp³-hybridized carbons (Fsp3) is 0.464. The van der Waals surface area contributed by atoms with Gasteiger partial charge in [-0.25, -0.2) is 4.68 Å². The number of aryl methyl sites for hydroxylation is 1. The molecule has 2 amide bonds. The predicted octanol–water partition coefficient (Wildman–Crippen LogP) is 3.68. The molecule has 12 heteroatoms. The molecule has 0 radical (unpaired) electrons. The van der Waals surface area contributed by atoms with Crippen molar-refractivity contribution in [2.75, 3.05) is 17.6 Å². The Balaban J connectivity index is 1.35. The number of tetrazole rings is 1. The van der Waals surface area contributed by atoms with Crippen LogP contribution in [-0.4, -0.2) is 55.5 Å². The van der Waals surface area contributed by atoms with Crippen molar-refractivity contribution in [3.8, 4) is 0 Å². The molecular weight excluding hydrogens is 532 g/mol. The van der Waals surface area contributed by atoms with Crippen molar-refractivity contribution in [2.45, 2.75) is 69.3 Å². The van der Waals surface area contributed by atoms with E-state index in [1.807, 2.05) is 48.5 Å². The lowest BCUT2D eigenvalue weighted by atomic mass is 10.0. The van der Waals surface area contributed by atoms with Gasteiger partial charge in [0.1, 0.15) is 0 Å². The summed E-state index contributed by atoms with van der Waals surface area (Å²) in [5.74, 6) is 0.573. The first-order chi connectivity index (χ1) is 19.4. The van der Waals surface area contributed by atoms with Crippen molar-refractivity contribution in [3.63, 3.8) is 0 Å². The number of nitrogens with one attached hydrogen (secondary N) is 2. The second-order valence-electron chi connectivity index (χ2n) is 9.71. The van der Waals surface area contributed by atoms with Crippen LogP contribution in [0.15, 0.2) is 53.7 Å².